The first-order chi connectivity index (χ1) is 18.3. The van der Waals surface area contributed by atoms with Gasteiger partial charge in [0.1, 0.15) is 4.88 Å². The number of benzene rings is 2. The average Bonchev–Trinajstić information content (AvgIpc) is 3.50. The molecule has 0 bridgehead atoms. The van der Waals surface area contributed by atoms with Crippen LogP contribution in [-0.2, 0) is 0 Å². The van der Waals surface area contributed by atoms with E-state index in [9.17, 15) is 25.0 Å². The highest BCUT2D eigenvalue weighted by atomic mass is 32.1. The van der Waals surface area contributed by atoms with Gasteiger partial charge in [0.25, 0.3) is 17.3 Å². The number of fused-ring (bicyclic) bond motifs is 1. The average molecular weight is 533 g/mol. The number of amides is 1. The van der Waals surface area contributed by atoms with Crippen molar-refractivity contribution in [3.05, 3.63) is 96.0 Å². The number of allylic oxidation sites excluding steroid dienone is 1. The van der Waals surface area contributed by atoms with Crippen LogP contribution in [0.4, 0.5) is 16.5 Å². The lowest BCUT2D eigenvalue weighted by molar-refractivity contribution is -0.385. The minimum Gasteiger partial charge on any atom is -0.354 e. The highest BCUT2D eigenvalue weighted by Crippen LogP contribution is 2.47. The molecule has 1 aliphatic heterocycles. The van der Waals surface area contributed by atoms with Gasteiger partial charge in [-0.1, -0.05) is 23.5 Å². The molecule has 0 radical (unpaired) electrons. The monoisotopic (exact) mass is 532 g/mol. The second-order valence-corrected chi connectivity index (χ2v) is 10.1. The molecule has 3 aromatic rings. The van der Waals surface area contributed by atoms with Crippen molar-refractivity contribution in [2.75, 3.05) is 12.1 Å². The van der Waals surface area contributed by atoms with Crippen molar-refractivity contribution in [1.29, 1.82) is 0 Å². The fourth-order valence-corrected chi connectivity index (χ4v) is 5.98. The maximum absolute atomic E-state index is 12.4. The van der Waals surface area contributed by atoms with E-state index in [1.54, 1.807) is 38.2 Å². The number of nitrogens with one attached hydrogen (secondary N) is 1. The largest absolute Gasteiger partial charge is 0.354 e. The van der Waals surface area contributed by atoms with Crippen molar-refractivity contribution in [3.63, 3.8) is 0 Å². The molecule has 1 amide bonds. The standard InChI is InChI=1S/C26H24N6O5S/c1-15-24(25(33)27-2)38-26(28-15)30-23(17-8-12-20(13-9-17)32(36)37)21-5-3-4-18(22(21)29-30)14-16-6-10-19(11-7-16)31(34)35/h6-14,21,23H,3-5H2,1-2H3,(H,27,33)/b18-14-/t21-,23-/m0/s1. The predicted molar refractivity (Wildman–Crippen MR) is 144 cm³/mol. The van der Waals surface area contributed by atoms with Crippen LogP contribution in [0.1, 0.15) is 51.8 Å². The van der Waals surface area contributed by atoms with Gasteiger partial charge in [-0.25, -0.2) is 9.99 Å². The third-order valence-corrected chi connectivity index (χ3v) is 7.95. The zero-order valence-electron chi connectivity index (χ0n) is 20.7. The first kappa shape index (κ1) is 25.2. The molecule has 12 heteroatoms. The summed E-state index contributed by atoms with van der Waals surface area (Å²) < 4.78 is 0. The normalized spacial score (nSPS) is 19.7. The number of thiazole rings is 1. The van der Waals surface area contributed by atoms with E-state index in [1.807, 2.05) is 11.1 Å². The highest BCUT2D eigenvalue weighted by Gasteiger charge is 2.43. The number of hydrazone groups is 1. The smallest absolute Gasteiger partial charge is 0.269 e. The molecule has 1 aliphatic carbocycles. The molecular weight excluding hydrogens is 508 g/mol. The SMILES string of the molecule is CNC(=O)c1sc(N2N=C3/C(=C\c4ccc([N+](=O)[O-])cc4)CCC[C@@H]3[C@@H]2c2ccc([N+](=O)[O-])cc2)nc1C. The minimum atomic E-state index is -0.427. The summed E-state index contributed by atoms with van der Waals surface area (Å²) >= 11 is 1.26. The zero-order valence-corrected chi connectivity index (χ0v) is 21.5. The molecule has 0 saturated heterocycles. The lowest BCUT2D eigenvalue weighted by Crippen LogP contribution is -2.28. The Labute approximate surface area is 221 Å². The van der Waals surface area contributed by atoms with Crippen molar-refractivity contribution < 1.29 is 14.6 Å². The van der Waals surface area contributed by atoms with E-state index in [0.717, 1.165) is 41.7 Å². The van der Waals surface area contributed by atoms with Crippen LogP contribution in [0, 0.1) is 33.1 Å². The Balaban J connectivity index is 1.58. The van der Waals surface area contributed by atoms with E-state index < -0.39 is 9.85 Å². The lowest BCUT2D eigenvalue weighted by Gasteiger charge is -2.29. The van der Waals surface area contributed by atoms with Gasteiger partial charge < -0.3 is 5.32 Å². The summed E-state index contributed by atoms with van der Waals surface area (Å²) in [5.74, 6) is -0.219. The van der Waals surface area contributed by atoms with Gasteiger partial charge in [-0.2, -0.15) is 5.10 Å². The molecule has 1 aromatic heterocycles. The topological polar surface area (TPSA) is 144 Å². The number of nitro groups is 2. The molecule has 2 aliphatic rings. The van der Waals surface area contributed by atoms with Crippen LogP contribution in [-0.4, -0.2) is 33.5 Å². The van der Waals surface area contributed by atoms with Crippen LogP contribution < -0.4 is 10.3 Å². The number of hydrogen-bond acceptors (Lipinski definition) is 9. The van der Waals surface area contributed by atoms with Crippen LogP contribution in [0.5, 0.6) is 0 Å². The van der Waals surface area contributed by atoms with E-state index in [1.165, 1.54) is 35.6 Å². The molecule has 1 N–H and O–H groups in total. The van der Waals surface area contributed by atoms with Crippen LogP contribution in [0.15, 0.2) is 59.2 Å². The molecule has 2 heterocycles. The van der Waals surface area contributed by atoms with E-state index >= 15 is 0 Å². The summed E-state index contributed by atoms with van der Waals surface area (Å²) in [4.78, 5) is 39.0. The molecule has 2 atom stereocenters. The van der Waals surface area contributed by atoms with Gasteiger partial charge in [-0.15, -0.1) is 0 Å². The summed E-state index contributed by atoms with van der Waals surface area (Å²) in [5, 5.41) is 32.3. The maximum atomic E-state index is 12.4. The van der Waals surface area contributed by atoms with Gasteiger partial charge >= 0.3 is 0 Å². The number of aryl methyl sites for hydroxylation is 1. The zero-order chi connectivity index (χ0) is 27.0. The lowest BCUT2D eigenvalue weighted by atomic mass is 9.77. The van der Waals surface area contributed by atoms with Gasteiger partial charge in [0.2, 0.25) is 5.13 Å². The fourth-order valence-electron chi connectivity index (χ4n) is 4.98. The van der Waals surface area contributed by atoms with Crippen molar-refractivity contribution >= 4 is 45.5 Å². The van der Waals surface area contributed by atoms with Gasteiger partial charge in [0.15, 0.2) is 0 Å². The van der Waals surface area contributed by atoms with Gasteiger partial charge in [-0.3, -0.25) is 25.0 Å². The molecule has 194 valence electrons. The number of anilines is 1. The molecule has 0 spiro atoms. The van der Waals surface area contributed by atoms with Crippen LogP contribution in [0.25, 0.3) is 6.08 Å². The summed E-state index contributed by atoms with van der Waals surface area (Å²) in [7, 11) is 1.57. The second-order valence-electron chi connectivity index (χ2n) is 9.13. The number of non-ortho nitro benzene ring substituents is 2. The number of aromatic nitrogens is 1. The Morgan fingerprint density at radius 3 is 2.32 bits per heavy atom. The summed E-state index contributed by atoms with van der Waals surface area (Å²) in [6.07, 6.45) is 4.59. The molecule has 5 rings (SSSR count). The number of nitro benzene ring substituents is 2. The molecule has 1 saturated carbocycles. The van der Waals surface area contributed by atoms with E-state index in [2.05, 4.69) is 10.3 Å². The van der Waals surface area contributed by atoms with Crippen molar-refractivity contribution in [3.8, 4) is 0 Å². The Bertz CT molecular complexity index is 1480. The Hall–Kier alpha value is -4.45. The Morgan fingerprint density at radius 2 is 1.71 bits per heavy atom. The molecule has 2 aromatic carbocycles. The molecule has 38 heavy (non-hydrogen) atoms. The third kappa shape index (κ3) is 4.65. The number of rotatable bonds is 6. The number of hydrogen-bond donors (Lipinski definition) is 1. The molecule has 11 nitrogen and oxygen atoms in total. The number of carbonyl (C=O) groups excluding carboxylic acids is 1. The van der Waals surface area contributed by atoms with Crippen molar-refractivity contribution in [1.82, 2.24) is 10.3 Å². The molecule has 1 fully saturated rings. The second kappa shape index (κ2) is 10.1. The number of nitrogens with zero attached hydrogens (tertiary/aromatic N) is 5. The summed E-state index contributed by atoms with van der Waals surface area (Å²) in [6.45, 7) is 1.78. The van der Waals surface area contributed by atoms with Gasteiger partial charge in [0.05, 0.1) is 27.3 Å². The predicted octanol–water partition coefficient (Wildman–Crippen LogP) is 5.43. The van der Waals surface area contributed by atoms with Gasteiger partial charge in [0, 0.05) is 37.2 Å². The first-order valence-corrected chi connectivity index (χ1v) is 12.9. The fraction of sp³-hybridized carbons (Fsp3) is 0.269. The van der Waals surface area contributed by atoms with Crippen LogP contribution >= 0.6 is 11.3 Å². The van der Waals surface area contributed by atoms with Crippen molar-refractivity contribution in [2.24, 2.45) is 11.0 Å². The van der Waals surface area contributed by atoms with E-state index in [-0.39, 0.29) is 29.2 Å². The van der Waals surface area contributed by atoms with E-state index in [0.29, 0.717) is 15.7 Å². The summed E-state index contributed by atoms with van der Waals surface area (Å²) in [6, 6.07) is 12.6. The Morgan fingerprint density at radius 1 is 1.08 bits per heavy atom. The van der Waals surface area contributed by atoms with Crippen LogP contribution in [0.3, 0.4) is 0 Å². The van der Waals surface area contributed by atoms with Crippen molar-refractivity contribution in [2.45, 2.75) is 32.2 Å². The van der Waals surface area contributed by atoms with Crippen LogP contribution in [0.2, 0.25) is 0 Å². The Kier molecular flexibility index (Phi) is 6.72. The van der Waals surface area contributed by atoms with E-state index in [4.69, 9.17) is 5.10 Å². The highest BCUT2D eigenvalue weighted by molar-refractivity contribution is 7.17. The maximum Gasteiger partial charge on any atom is 0.269 e. The molecule has 0 unspecified atom stereocenters. The first-order valence-electron chi connectivity index (χ1n) is 12.0. The summed E-state index contributed by atoms with van der Waals surface area (Å²) in [5.41, 5.74) is 4.27. The third-order valence-electron chi connectivity index (χ3n) is 6.81. The molecular formula is C26H24N6O5S. The number of carbonyl (C=O) groups is 1. The van der Waals surface area contributed by atoms with Gasteiger partial charge in [-0.05, 0) is 61.1 Å². The minimum absolute atomic E-state index is 0.00200. The quantitative estimate of drug-likeness (QED) is 0.329.